The van der Waals surface area contributed by atoms with E-state index in [1.807, 2.05) is 14.2 Å². The highest BCUT2D eigenvalue weighted by atomic mass is 16.5. The van der Waals surface area contributed by atoms with E-state index in [0.29, 0.717) is 0 Å². The fraction of sp³-hybridized carbons (Fsp3) is 1.00. The van der Waals surface area contributed by atoms with E-state index in [9.17, 15) is 0 Å². The van der Waals surface area contributed by atoms with Gasteiger partial charge in [0.25, 0.3) is 0 Å². The smallest absolute Gasteiger partial charge is 0.0490 e. The Morgan fingerprint density at radius 3 is 1.95 bits per heavy atom. The second-order valence-corrected chi connectivity index (χ2v) is 7.74. The Kier molecular flexibility index (Phi) is 7.01. The van der Waals surface area contributed by atoms with Crippen molar-refractivity contribution in [3.63, 3.8) is 0 Å². The number of methoxy groups -OCH3 is 2. The number of ether oxygens (including phenoxy) is 2. The highest BCUT2D eigenvalue weighted by molar-refractivity contribution is 4.89. The van der Waals surface area contributed by atoms with Crippen molar-refractivity contribution in [3.05, 3.63) is 0 Å². The van der Waals surface area contributed by atoms with Crippen LogP contribution in [0.2, 0.25) is 0 Å². The Balaban J connectivity index is 2.02. The van der Waals surface area contributed by atoms with E-state index in [2.05, 4.69) is 13.8 Å². The summed E-state index contributed by atoms with van der Waals surface area (Å²) in [6.45, 7) is 6.83. The van der Waals surface area contributed by atoms with Gasteiger partial charge in [0.2, 0.25) is 0 Å². The first kappa shape index (κ1) is 17.3. The van der Waals surface area contributed by atoms with E-state index in [0.717, 1.165) is 48.7 Å². The predicted molar refractivity (Wildman–Crippen MR) is 88.4 cm³/mol. The molecule has 0 aromatic heterocycles. The predicted octanol–water partition coefficient (Wildman–Crippen LogP) is 4.77. The number of rotatable bonds is 6. The maximum atomic E-state index is 5.45. The fourth-order valence-electron chi connectivity index (χ4n) is 5.21. The molecule has 2 nitrogen and oxygen atoms in total. The molecule has 0 saturated heterocycles. The molecule has 6 unspecified atom stereocenters. The Hall–Kier alpha value is -0.0800. The molecular weight excluding hydrogens is 260 g/mol. The minimum atomic E-state index is 0.802. The van der Waals surface area contributed by atoms with Crippen molar-refractivity contribution in [2.45, 2.75) is 58.8 Å². The summed E-state index contributed by atoms with van der Waals surface area (Å²) in [4.78, 5) is 0. The highest BCUT2D eigenvalue weighted by Gasteiger charge is 2.39. The van der Waals surface area contributed by atoms with Gasteiger partial charge < -0.3 is 9.47 Å². The number of hydrogen-bond acceptors (Lipinski definition) is 2. The largest absolute Gasteiger partial charge is 0.384 e. The van der Waals surface area contributed by atoms with Crippen LogP contribution in [-0.4, -0.2) is 27.4 Å². The molecule has 0 aromatic carbocycles. The molecule has 0 heterocycles. The molecule has 2 saturated carbocycles. The quantitative estimate of drug-likeness (QED) is 0.702. The molecule has 0 bridgehead atoms. The van der Waals surface area contributed by atoms with Crippen molar-refractivity contribution in [1.29, 1.82) is 0 Å². The van der Waals surface area contributed by atoms with Crippen LogP contribution in [0.1, 0.15) is 58.8 Å². The van der Waals surface area contributed by atoms with E-state index < -0.39 is 0 Å². The molecular formula is C19H36O2. The van der Waals surface area contributed by atoms with Crippen LogP contribution in [0.15, 0.2) is 0 Å². The topological polar surface area (TPSA) is 18.5 Å². The van der Waals surface area contributed by atoms with Gasteiger partial charge in [0.15, 0.2) is 0 Å². The molecule has 0 radical (unpaired) electrons. The van der Waals surface area contributed by atoms with Crippen LogP contribution in [0.3, 0.4) is 0 Å². The van der Waals surface area contributed by atoms with Crippen LogP contribution < -0.4 is 0 Å². The first-order valence-corrected chi connectivity index (χ1v) is 9.17. The zero-order valence-electron chi connectivity index (χ0n) is 14.6. The summed E-state index contributed by atoms with van der Waals surface area (Å²) in [5.74, 6) is 5.31. The zero-order chi connectivity index (χ0) is 15.2. The Morgan fingerprint density at radius 2 is 1.38 bits per heavy atom. The molecule has 2 rings (SSSR count). The average molecular weight is 296 g/mol. The van der Waals surface area contributed by atoms with E-state index >= 15 is 0 Å². The summed E-state index contributed by atoms with van der Waals surface area (Å²) >= 11 is 0. The lowest BCUT2D eigenvalue weighted by molar-refractivity contribution is 0.00984. The minimum Gasteiger partial charge on any atom is -0.384 e. The van der Waals surface area contributed by atoms with Crippen LogP contribution in [-0.2, 0) is 9.47 Å². The van der Waals surface area contributed by atoms with E-state index in [4.69, 9.17) is 9.47 Å². The standard InChI is InChI=1S/C19H36O2/c1-5-17-9-8-16(13-21-4)11-19(17)18-10-15(12-20-3)7-6-14(18)2/h14-19H,5-13H2,1-4H3. The van der Waals surface area contributed by atoms with Crippen LogP contribution in [0.25, 0.3) is 0 Å². The van der Waals surface area contributed by atoms with Gasteiger partial charge in [0, 0.05) is 27.4 Å². The van der Waals surface area contributed by atoms with Gasteiger partial charge in [-0.2, -0.15) is 0 Å². The third-order valence-electron chi connectivity index (χ3n) is 6.40. The molecule has 124 valence electrons. The summed E-state index contributed by atoms with van der Waals surface area (Å²) in [7, 11) is 3.72. The summed E-state index contributed by atoms with van der Waals surface area (Å²) in [5.41, 5.74) is 0. The molecule has 2 aliphatic rings. The van der Waals surface area contributed by atoms with Gasteiger partial charge >= 0.3 is 0 Å². The van der Waals surface area contributed by atoms with Crippen molar-refractivity contribution in [2.75, 3.05) is 27.4 Å². The normalized spacial score (nSPS) is 41.1. The van der Waals surface area contributed by atoms with Crippen LogP contribution in [0, 0.1) is 35.5 Å². The summed E-state index contributed by atoms with van der Waals surface area (Å²) in [6, 6.07) is 0. The van der Waals surface area contributed by atoms with Gasteiger partial charge in [-0.3, -0.25) is 0 Å². The van der Waals surface area contributed by atoms with Crippen LogP contribution >= 0.6 is 0 Å². The van der Waals surface area contributed by atoms with Gasteiger partial charge in [-0.15, -0.1) is 0 Å². The van der Waals surface area contributed by atoms with Gasteiger partial charge in [-0.25, -0.2) is 0 Å². The summed E-state index contributed by atoms with van der Waals surface area (Å²) in [6.07, 6.45) is 9.75. The van der Waals surface area contributed by atoms with Crippen molar-refractivity contribution in [1.82, 2.24) is 0 Å². The van der Waals surface area contributed by atoms with Gasteiger partial charge in [-0.1, -0.05) is 26.7 Å². The Morgan fingerprint density at radius 1 is 0.810 bits per heavy atom. The van der Waals surface area contributed by atoms with Crippen molar-refractivity contribution in [3.8, 4) is 0 Å². The minimum absolute atomic E-state index is 0.802. The van der Waals surface area contributed by atoms with Gasteiger partial charge in [0.1, 0.15) is 0 Å². The second-order valence-electron chi connectivity index (χ2n) is 7.74. The molecule has 2 fully saturated rings. The summed E-state index contributed by atoms with van der Waals surface area (Å²) < 4.78 is 10.9. The summed E-state index contributed by atoms with van der Waals surface area (Å²) in [5, 5.41) is 0. The second kappa shape index (κ2) is 8.53. The Bertz CT molecular complexity index is 291. The maximum Gasteiger partial charge on any atom is 0.0490 e. The van der Waals surface area contributed by atoms with Crippen LogP contribution in [0.5, 0.6) is 0 Å². The lowest BCUT2D eigenvalue weighted by Crippen LogP contribution is -2.38. The average Bonchev–Trinajstić information content (AvgIpc) is 2.50. The molecule has 0 aliphatic heterocycles. The highest BCUT2D eigenvalue weighted by Crippen LogP contribution is 2.48. The lowest BCUT2D eigenvalue weighted by atomic mass is 9.60. The van der Waals surface area contributed by atoms with Crippen LogP contribution in [0.4, 0.5) is 0 Å². The van der Waals surface area contributed by atoms with Gasteiger partial charge in [0.05, 0.1) is 0 Å². The molecule has 0 aromatic rings. The molecule has 0 spiro atoms. The first-order valence-electron chi connectivity index (χ1n) is 9.17. The zero-order valence-corrected chi connectivity index (χ0v) is 14.6. The van der Waals surface area contributed by atoms with E-state index in [-0.39, 0.29) is 0 Å². The maximum absolute atomic E-state index is 5.45. The molecule has 0 N–H and O–H groups in total. The molecule has 2 aliphatic carbocycles. The molecule has 21 heavy (non-hydrogen) atoms. The van der Waals surface area contributed by atoms with Crippen molar-refractivity contribution in [2.24, 2.45) is 35.5 Å². The van der Waals surface area contributed by atoms with Crippen molar-refractivity contribution < 1.29 is 9.47 Å². The number of hydrogen-bond donors (Lipinski definition) is 0. The molecule has 0 amide bonds. The van der Waals surface area contributed by atoms with E-state index in [1.165, 1.54) is 44.9 Å². The van der Waals surface area contributed by atoms with Gasteiger partial charge in [-0.05, 0) is 67.6 Å². The van der Waals surface area contributed by atoms with E-state index in [1.54, 1.807) is 0 Å². The lowest BCUT2D eigenvalue weighted by Gasteiger charge is -2.46. The first-order chi connectivity index (χ1) is 10.2. The monoisotopic (exact) mass is 296 g/mol. The fourth-order valence-corrected chi connectivity index (χ4v) is 5.21. The van der Waals surface area contributed by atoms with Crippen molar-refractivity contribution >= 4 is 0 Å². The molecule has 6 atom stereocenters. The third kappa shape index (κ3) is 4.45. The Labute approximate surface area is 132 Å². The third-order valence-corrected chi connectivity index (χ3v) is 6.40. The SMILES string of the molecule is CCC1CCC(COC)CC1C1CC(COC)CCC1C. The molecule has 2 heteroatoms.